The Morgan fingerprint density at radius 2 is 1.95 bits per heavy atom. The second kappa shape index (κ2) is 4.51. The zero-order valence-electron chi connectivity index (χ0n) is 10.6. The molecule has 1 saturated carbocycles. The first-order valence-corrected chi connectivity index (χ1v) is 6.14. The number of hydrogen-bond acceptors (Lipinski definition) is 1. The molecule has 0 unspecified atom stereocenters. The molecule has 1 aliphatic carbocycles. The van der Waals surface area contributed by atoms with E-state index >= 15 is 0 Å². The summed E-state index contributed by atoms with van der Waals surface area (Å²) in [5.74, 6) is 0.0643. The predicted octanol–water partition coefficient (Wildman–Crippen LogP) is 4.13. The number of carbonyl (C=O) groups excluding carboxylic acids is 1. The Balaban J connectivity index is 2.35. The van der Waals surface area contributed by atoms with Crippen LogP contribution in [0.2, 0.25) is 0 Å². The number of carbonyl (C=O) groups is 1. The largest absolute Gasteiger partial charge is 0.416 e. The minimum Gasteiger partial charge on any atom is -0.298 e. The Morgan fingerprint density at radius 3 is 2.32 bits per heavy atom. The highest BCUT2D eigenvalue weighted by Crippen LogP contribution is 2.47. The minimum absolute atomic E-state index is 0.0257. The van der Waals surface area contributed by atoms with Gasteiger partial charge in [0.15, 0.2) is 0 Å². The third-order valence-corrected chi connectivity index (χ3v) is 3.83. The molecule has 0 radical (unpaired) electrons. The van der Waals surface area contributed by atoms with E-state index in [0.717, 1.165) is 12.1 Å². The fourth-order valence-corrected chi connectivity index (χ4v) is 2.84. The van der Waals surface area contributed by atoms with Gasteiger partial charge in [0, 0.05) is 5.92 Å². The maximum atomic E-state index is 12.5. The number of rotatable bonds is 3. The second-order valence-electron chi connectivity index (χ2n) is 5.12. The topological polar surface area (TPSA) is 17.1 Å². The molecule has 19 heavy (non-hydrogen) atoms. The van der Waals surface area contributed by atoms with E-state index in [1.807, 2.05) is 6.92 Å². The van der Waals surface area contributed by atoms with Gasteiger partial charge in [0.2, 0.25) is 0 Å². The molecule has 0 aliphatic heterocycles. The van der Waals surface area contributed by atoms with E-state index in [0.29, 0.717) is 18.4 Å². The Kier molecular flexibility index (Phi) is 3.29. The summed E-state index contributed by atoms with van der Waals surface area (Å²) in [6.45, 7) is 5.48. The van der Waals surface area contributed by atoms with Crippen molar-refractivity contribution in [2.45, 2.75) is 31.4 Å². The first kappa shape index (κ1) is 13.8. The Labute approximate surface area is 110 Å². The summed E-state index contributed by atoms with van der Waals surface area (Å²) < 4.78 is 37.5. The molecule has 2 atom stereocenters. The third kappa shape index (κ3) is 2.20. The van der Waals surface area contributed by atoms with Gasteiger partial charge in [-0.3, -0.25) is 4.79 Å². The van der Waals surface area contributed by atoms with Crippen LogP contribution in [0, 0.1) is 5.92 Å². The molecule has 1 aromatic carbocycles. The zero-order valence-corrected chi connectivity index (χ0v) is 10.6. The molecule has 0 aromatic heterocycles. The monoisotopic (exact) mass is 268 g/mol. The van der Waals surface area contributed by atoms with Crippen molar-refractivity contribution in [2.24, 2.45) is 5.92 Å². The summed E-state index contributed by atoms with van der Waals surface area (Å²) in [5, 5.41) is 0. The van der Waals surface area contributed by atoms with Crippen LogP contribution in [0.3, 0.4) is 0 Å². The number of Topliss-reactive ketones (excluding diaryl/α,β-unsaturated/α-hetero) is 1. The summed E-state index contributed by atoms with van der Waals surface area (Å²) >= 11 is 0. The lowest BCUT2D eigenvalue weighted by Gasteiger charge is -2.44. The van der Waals surface area contributed by atoms with Gasteiger partial charge in [-0.05, 0) is 30.5 Å². The van der Waals surface area contributed by atoms with Crippen LogP contribution in [0.5, 0.6) is 0 Å². The standard InChI is InChI=1S/C15H15F3O/c1-3-8-14(9-10(2)13(14)19)11-4-6-12(7-5-11)15(16,17)18/h3-7,10H,1,8-9H2,2H3/t10-,14-/m1/s1. The quantitative estimate of drug-likeness (QED) is 0.753. The average molecular weight is 268 g/mol. The van der Waals surface area contributed by atoms with Crippen LogP contribution < -0.4 is 0 Å². The van der Waals surface area contributed by atoms with Gasteiger partial charge in [-0.2, -0.15) is 13.2 Å². The zero-order chi connectivity index (χ0) is 14.3. The molecule has 0 bridgehead atoms. The third-order valence-electron chi connectivity index (χ3n) is 3.83. The van der Waals surface area contributed by atoms with E-state index in [2.05, 4.69) is 6.58 Å². The Hall–Kier alpha value is -1.58. The van der Waals surface area contributed by atoms with Gasteiger partial charge in [-0.25, -0.2) is 0 Å². The van der Waals surface area contributed by atoms with Gasteiger partial charge in [-0.1, -0.05) is 25.1 Å². The minimum atomic E-state index is -4.35. The Morgan fingerprint density at radius 1 is 1.37 bits per heavy atom. The van der Waals surface area contributed by atoms with Crippen molar-refractivity contribution >= 4 is 5.78 Å². The molecule has 0 N–H and O–H groups in total. The van der Waals surface area contributed by atoms with Crippen LogP contribution in [-0.2, 0) is 16.4 Å². The molecule has 0 spiro atoms. The molecule has 4 heteroatoms. The number of ketones is 1. The normalized spacial score (nSPS) is 26.9. The van der Waals surface area contributed by atoms with Gasteiger partial charge in [0.05, 0.1) is 11.0 Å². The lowest BCUT2D eigenvalue weighted by Crippen LogP contribution is -2.50. The summed E-state index contributed by atoms with van der Waals surface area (Å²) in [6, 6.07) is 4.90. The highest BCUT2D eigenvalue weighted by atomic mass is 19.4. The summed E-state index contributed by atoms with van der Waals surface area (Å²) in [5.41, 5.74) is -0.695. The van der Waals surface area contributed by atoms with E-state index in [9.17, 15) is 18.0 Å². The summed E-state index contributed by atoms with van der Waals surface area (Å²) in [7, 11) is 0. The molecule has 0 amide bonds. The van der Waals surface area contributed by atoms with E-state index in [1.165, 1.54) is 12.1 Å². The van der Waals surface area contributed by atoms with Gasteiger partial charge < -0.3 is 0 Å². The fourth-order valence-electron chi connectivity index (χ4n) is 2.84. The highest BCUT2D eigenvalue weighted by molar-refractivity contribution is 5.98. The van der Waals surface area contributed by atoms with E-state index < -0.39 is 17.2 Å². The maximum absolute atomic E-state index is 12.5. The number of benzene rings is 1. The fraction of sp³-hybridized carbons (Fsp3) is 0.400. The number of allylic oxidation sites excluding steroid dienone is 1. The van der Waals surface area contributed by atoms with Crippen LogP contribution in [-0.4, -0.2) is 5.78 Å². The van der Waals surface area contributed by atoms with Gasteiger partial charge in [0.1, 0.15) is 5.78 Å². The molecular weight excluding hydrogens is 253 g/mol. The van der Waals surface area contributed by atoms with Crippen LogP contribution in [0.25, 0.3) is 0 Å². The van der Waals surface area contributed by atoms with Crippen molar-refractivity contribution < 1.29 is 18.0 Å². The molecular formula is C15H15F3O. The molecule has 2 rings (SSSR count). The molecule has 1 aliphatic rings. The molecule has 0 heterocycles. The molecule has 1 fully saturated rings. The van der Waals surface area contributed by atoms with Crippen molar-refractivity contribution in [1.82, 2.24) is 0 Å². The highest BCUT2D eigenvalue weighted by Gasteiger charge is 2.51. The number of halogens is 3. The average Bonchev–Trinajstić information content (AvgIpc) is 2.37. The van der Waals surface area contributed by atoms with Crippen molar-refractivity contribution in [1.29, 1.82) is 0 Å². The number of alkyl halides is 3. The molecule has 102 valence electrons. The number of hydrogen-bond donors (Lipinski definition) is 0. The smallest absolute Gasteiger partial charge is 0.298 e. The predicted molar refractivity (Wildman–Crippen MR) is 66.7 cm³/mol. The van der Waals surface area contributed by atoms with Crippen molar-refractivity contribution in [3.63, 3.8) is 0 Å². The SMILES string of the molecule is C=CC[C@]1(c2ccc(C(F)(F)F)cc2)C[C@@H](C)C1=O. The van der Waals surface area contributed by atoms with Crippen molar-refractivity contribution in [2.75, 3.05) is 0 Å². The van der Waals surface area contributed by atoms with Crippen LogP contribution >= 0.6 is 0 Å². The Bertz CT molecular complexity index is 501. The van der Waals surface area contributed by atoms with E-state index in [1.54, 1.807) is 6.08 Å². The first-order chi connectivity index (χ1) is 8.81. The molecule has 0 saturated heterocycles. The molecule has 1 nitrogen and oxygen atoms in total. The summed E-state index contributed by atoms with van der Waals surface area (Å²) in [4.78, 5) is 12.1. The van der Waals surface area contributed by atoms with Crippen LogP contribution in [0.4, 0.5) is 13.2 Å². The first-order valence-electron chi connectivity index (χ1n) is 6.14. The van der Waals surface area contributed by atoms with Gasteiger partial charge in [-0.15, -0.1) is 6.58 Å². The van der Waals surface area contributed by atoms with Gasteiger partial charge >= 0.3 is 6.18 Å². The maximum Gasteiger partial charge on any atom is 0.416 e. The van der Waals surface area contributed by atoms with Crippen molar-refractivity contribution in [3.8, 4) is 0 Å². The van der Waals surface area contributed by atoms with E-state index in [4.69, 9.17) is 0 Å². The summed E-state index contributed by atoms with van der Waals surface area (Å²) in [6.07, 6.45) is -1.55. The lowest BCUT2D eigenvalue weighted by molar-refractivity contribution is -0.137. The van der Waals surface area contributed by atoms with E-state index in [-0.39, 0.29) is 11.7 Å². The van der Waals surface area contributed by atoms with Gasteiger partial charge in [0.25, 0.3) is 0 Å². The lowest BCUT2D eigenvalue weighted by atomic mass is 9.56. The molecule has 1 aromatic rings. The van der Waals surface area contributed by atoms with Crippen LogP contribution in [0.15, 0.2) is 36.9 Å². The second-order valence-corrected chi connectivity index (χ2v) is 5.12. The van der Waals surface area contributed by atoms with Crippen LogP contribution in [0.1, 0.15) is 30.9 Å². The van der Waals surface area contributed by atoms with Crippen molar-refractivity contribution in [3.05, 3.63) is 48.0 Å².